The minimum atomic E-state index is -0.612. The number of pyridine rings is 1. The fourth-order valence-electron chi connectivity index (χ4n) is 3.13. The van der Waals surface area contributed by atoms with E-state index in [2.05, 4.69) is 26.7 Å². The Morgan fingerprint density at radius 3 is 3.07 bits per heavy atom. The third-order valence-corrected chi connectivity index (χ3v) is 4.45. The molecule has 1 aromatic carbocycles. The van der Waals surface area contributed by atoms with Gasteiger partial charge in [-0.2, -0.15) is 0 Å². The maximum absolute atomic E-state index is 13.2. The number of fused-ring (bicyclic) bond motifs is 1. The van der Waals surface area contributed by atoms with Crippen molar-refractivity contribution in [2.75, 3.05) is 18.4 Å². The van der Waals surface area contributed by atoms with Crippen molar-refractivity contribution in [2.45, 2.75) is 13.0 Å². The number of nitrogens with zero attached hydrogens (tertiary/aromatic N) is 1. The number of amides is 1. The minimum absolute atomic E-state index is 0.00540. The first-order valence-electron chi connectivity index (χ1n) is 8.74. The second kappa shape index (κ2) is 7.59. The van der Waals surface area contributed by atoms with Crippen molar-refractivity contribution in [1.82, 2.24) is 15.3 Å². The summed E-state index contributed by atoms with van der Waals surface area (Å²) in [5.41, 5.74) is 4.25. The molecule has 4 rings (SSSR count). The predicted molar refractivity (Wildman–Crippen MR) is 102 cm³/mol. The second-order valence-corrected chi connectivity index (χ2v) is 6.34. The zero-order valence-electron chi connectivity index (χ0n) is 14.6. The van der Waals surface area contributed by atoms with E-state index in [0.717, 1.165) is 36.1 Å². The molecule has 0 atom stereocenters. The van der Waals surface area contributed by atoms with E-state index in [1.165, 1.54) is 17.7 Å². The van der Waals surface area contributed by atoms with Crippen molar-refractivity contribution in [2.24, 2.45) is 0 Å². The third-order valence-electron chi connectivity index (χ3n) is 4.45. The first-order valence-corrected chi connectivity index (χ1v) is 8.74. The Labute approximate surface area is 155 Å². The summed E-state index contributed by atoms with van der Waals surface area (Å²) in [4.78, 5) is 19.6. The Kier molecular flexibility index (Phi) is 4.84. The molecule has 0 bridgehead atoms. The van der Waals surface area contributed by atoms with E-state index in [0.29, 0.717) is 11.3 Å². The van der Waals surface area contributed by atoms with Crippen LogP contribution in [0.5, 0.6) is 0 Å². The number of anilines is 1. The number of carbonyl (C=O) groups is 1. The van der Waals surface area contributed by atoms with Gasteiger partial charge in [0.25, 0.3) is 0 Å². The zero-order chi connectivity index (χ0) is 18.6. The average Bonchev–Trinajstić information content (AvgIpc) is 3.10. The molecule has 3 aromatic rings. The number of hydrogen-bond acceptors (Lipinski definition) is 4. The largest absolute Gasteiger partial charge is 0.444 e. The molecule has 3 heterocycles. The minimum Gasteiger partial charge on any atom is -0.444 e. The van der Waals surface area contributed by atoms with E-state index in [-0.39, 0.29) is 12.4 Å². The molecule has 27 heavy (non-hydrogen) atoms. The van der Waals surface area contributed by atoms with Crippen molar-refractivity contribution in [3.63, 3.8) is 0 Å². The first kappa shape index (κ1) is 17.2. The Balaban J connectivity index is 1.47. The normalized spacial score (nSPS) is 14.0. The molecule has 2 aromatic heterocycles. The molecule has 3 N–H and O–H groups in total. The lowest BCUT2D eigenvalue weighted by Crippen LogP contribution is -2.19. The molecule has 138 valence electrons. The Bertz CT molecular complexity index is 1010. The van der Waals surface area contributed by atoms with Crippen molar-refractivity contribution in [3.05, 3.63) is 65.7 Å². The number of hydrogen-bond donors (Lipinski definition) is 3. The van der Waals surface area contributed by atoms with Gasteiger partial charge >= 0.3 is 6.09 Å². The number of aromatic nitrogens is 2. The summed E-state index contributed by atoms with van der Waals surface area (Å²) in [6.45, 7) is 1.78. The van der Waals surface area contributed by atoms with Gasteiger partial charge in [0.1, 0.15) is 18.1 Å². The molecular weight excluding hydrogens is 347 g/mol. The van der Waals surface area contributed by atoms with E-state index >= 15 is 0 Å². The van der Waals surface area contributed by atoms with Gasteiger partial charge in [0.15, 0.2) is 0 Å². The van der Waals surface area contributed by atoms with Crippen LogP contribution in [0.2, 0.25) is 0 Å². The van der Waals surface area contributed by atoms with E-state index in [1.807, 2.05) is 12.3 Å². The van der Waals surface area contributed by atoms with Gasteiger partial charge in [0, 0.05) is 23.7 Å². The molecule has 0 radical (unpaired) electrons. The standard InChI is InChI=1S/C20H19FN4O2/c21-15-3-1-2-13(8-15)12-27-20(26)25-16-9-17-18(11-24-19(17)23-10-16)14-4-6-22-7-5-14/h1-4,8-11,22H,5-7,12H2,(H,23,24)(H,25,26). The lowest BCUT2D eigenvalue weighted by molar-refractivity contribution is 0.155. The van der Waals surface area contributed by atoms with Crippen LogP contribution in [0.1, 0.15) is 17.5 Å². The van der Waals surface area contributed by atoms with Gasteiger partial charge in [-0.05, 0) is 42.3 Å². The molecule has 0 saturated carbocycles. The van der Waals surface area contributed by atoms with Crippen LogP contribution in [0.4, 0.5) is 14.9 Å². The molecule has 1 amide bonds. The Hall–Kier alpha value is -3.19. The molecule has 0 aliphatic carbocycles. The van der Waals surface area contributed by atoms with Crippen LogP contribution in [-0.4, -0.2) is 29.2 Å². The monoisotopic (exact) mass is 366 g/mol. The van der Waals surface area contributed by atoms with Crippen molar-refractivity contribution >= 4 is 28.4 Å². The van der Waals surface area contributed by atoms with Crippen molar-refractivity contribution in [1.29, 1.82) is 0 Å². The zero-order valence-corrected chi connectivity index (χ0v) is 14.6. The number of aromatic amines is 1. The van der Waals surface area contributed by atoms with Gasteiger partial charge in [-0.15, -0.1) is 0 Å². The van der Waals surface area contributed by atoms with Crippen LogP contribution in [0.25, 0.3) is 16.6 Å². The van der Waals surface area contributed by atoms with Gasteiger partial charge in [0.2, 0.25) is 0 Å². The van der Waals surface area contributed by atoms with E-state index < -0.39 is 6.09 Å². The first-order chi connectivity index (χ1) is 13.2. The number of rotatable bonds is 4. The maximum atomic E-state index is 13.2. The van der Waals surface area contributed by atoms with Gasteiger partial charge in [-0.1, -0.05) is 18.2 Å². The fraction of sp³-hybridized carbons (Fsp3) is 0.200. The molecular formula is C20H19FN4O2. The molecule has 0 saturated heterocycles. The van der Waals surface area contributed by atoms with Gasteiger partial charge in [0.05, 0.1) is 11.9 Å². The number of ether oxygens (including phenoxy) is 1. The second-order valence-electron chi connectivity index (χ2n) is 6.34. The predicted octanol–water partition coefficient (Wildman–Crippen LogP) is 3.83. The highest BCUT2D eigenvalue weighted by atomic mass is 19.1. The van der Waals surface area contributed by atoms with Crippen molar-refractivity contribution < 1.29 is 13.9 Å². The SMILES string of the molecule is O=C(Nc1cnc2[nH]cc(C3=CCNCC3)c2c1)OCc1cccc(F)c1. The highest BCUT2D eigenvalue weighted by Gasteiger charge is 2.13. The lowest BCUT2D eigenvalue weighted by Gasteiger charge is -2.13. The van der Waals surface area contributed by atoms with Crippen molar-refractivity contribution in [3.8, 4) is 0 Å². The van der Waals surface area contributed by atoms with Gasteiger partial charge in [-0.25, -0.2) is 14.2 Å². The summed E-state index contributed by atoms with van der Waals surface area (Å²) in [6, 6.07) is 7.83. The highest BCUT2D eigenvalue weighted by molar-refractivity contribution is 5.94. The van der Waals surface area contributed by atoms with Crippen LogP contribution in [0, 0.1) is 5.82 Å². The molecule has 0 fully saturated rings. The average molecular weight is 366 g/mol. The van der Waals surface area contributed by atoms with Crippen LogP contribution in [0.3, 0.4) is 0 Å². The Morgan fingerprint density at radius 2 is 2.26 bits per heavy atom. The number of benzene rings is 1. The third kappa shape index (κ3) is 3.98. The summed E-state index contributed by atoms with van der Waals surface area (Å²) in [5, 5.41) is 6.92. The van der Waals surface area contributed by atoms with Crippen LogP contribution < -0.4 is 10.6 Å². The number of H-pyrrole nitrogens is 1. The summed E-state index contributed by atoms with van der Waals surface area (Å²) in [7, 11) is 0. The Morgan fingerprint density at radius 1 is 1.33 bits per heavy atom. The molecule has 7 heteroatoms. The smallest absolute Gasteiger partial charge is 0.412 e. The van der Waals surface area contributed by atoms with Gasteiger partial charge in [-0.3, -0.25) is 5.32 Å². The summed E-state index contributed by atoms with van der Waals surface area (Å²) in [5.74, 6) is -0.363. The van der Waals surface area contributed by atoms with Crippen LogP contribution in [-0.2, 0) is 11.3 Å². The quantitative estimate of drug-likeness (QED) is 0.656. The van der Waals surface area contributed by atoms with Crippen LogP contribution >= 0.6 is 0 Å². The molecule has 0 unspecified atom stereocenters. The molecule has 6 nitrogen and oxygen atoms in total. The van der Waals surface area contributed by atoms with Crippen LogP contribution in [0.15, 0.2) is 48.8 Å². The summed E-state index contributed by atoms with van der Waals surface area (Å²) in [6.07, 6.45) is 6.02. The molecule has 0 spiro atoms. The number of nitrogens with one attached hydrogen (secondary N) is 3. The molecule has 1 aliphatic heterocycles. The topological polar surface area (TPSA) is 79.0 Å². The fourth-order valence-corrected chi connectivity index (χ4v) is 3.13. The number of carbonyl (C=O) groups excluding carboxylic acids is 1. The highest BCUT2D eigenvalue weighted by Crippen LogP contribution is 2.28. The van der Waals surface area contributed by atoms with E-state index in [1.54, 1.807) is 18.3 Å². The molecule has 1 aliphatic rings. The summed E-state index contributed by atoms with van der Waals surface area (Å²) >= 11 is 0. The van der Waals surface area contributed by atoms with Gasteiger partial charge < -0.3 is 15.0 Å². The lowest BCUT2D eigenvalue weighted by atomic mass is 10.0. The van der Waals surface area contributed by atoms with E-state index in [9.17, 15) is 9.18 Å². The summed E-state index contributed by atoms with van der Waals surface area (Å²) < 4.78 is 18.3. The number of halogens is 1. The maximum Gasteiger partial charge on any atom is 0.412 e. The van der Waals surface area contributed by atoms with E-state index in [4.69, 9.17) is 4.74 Å².